The molecule has 0 aromatic heterocycles. The van der Waals surface area contributed by atoms with Crippen LogP contribution < -0.4 is 10.1 Å². The highest BCUT2D eigenvalue weighted by atomic mass is 16.6. The number of alkyl carbamates (subject to hydrolysis) is 1. The molecule has 0 aliphatic heterocycles. The molecule has 1 rings (SSSR count). The molecule has 0 aliphatic carbocycles. The Labute approximate surface area is 305 Å². The third kappa shape index (κ3) is 20.4. The van der Waals surface area contributed by atoms with Crippen LogP contribution in [0.2, 0.25) is 0 Å². The zero-order chi connectivity index (χ0) is 38.6. The van der Waals surface area contributed by atoms with E-state index < -0.39 is 29.4 Å². The van der Waals surface area contributed by atoms with E-state index in [1.165, 1.54) is 0 Å². The molecule has 290 valence electrons. The van der Waals surface area contributed by atoms with E-state index in [9.17, 15) is 24.0 Å². The van der Waals surface area contributed by atoms with Gasteiger partial charge in [0.05, 0.1) is 13.5 Å². The van der Waals surface area contributed by atoms with Gasteiger partial charge in [-0.15, -0.1) is 0 Å². The Bertz CT molecular complexity index is 1260. The molecule has 0 bridgehead atoms. The monoisotopic (exact) mass is 720 g/mol. The van der Waals surface area contributed by atoms with Gasteiger partial charge in [0, 0.05) is 58.7 Å². The van der Waals surface area contributed by atoms with Crippen molar-refractivity contribution in [2.24, 2.45) is 0 Å². The molecule has 4 amide bonds. The Morgan fingerprint density at radius 1 is 0.725 bits per heavy atom. The Hall–Kier alpha value is -4.03. The number of benzene rings is 1. The molecule has 1 aromatic rings. The topological polar surface area (TPSA) is 155 Å². The fourth-order valence-electron chi connectivity index (χ4n) is 5.17. The predicted octanol–water partition coefficient (Wildman–Crippen LogP) is 6.19. The smallest absolute Gasteiger partial charge is 0.410 e. The number of carbonyl (C=O) groups excluding carboxylic acids is 4. The van der Waals surface area contributed by atoms with E-state index in [0.717, 1.165) is 29.7 Å². The van der Waals surface area contributed by atoms with Gasteiger partial charge in [-0.25, -0.2) is 9.59 Å². The molecule has 0 heterocycles. The van der Waals surface area contributed by atoms with Crippen LogP contribution in [0.3, 0.4) is 0 Å². The number of amides is 4. The highest BCUT2D eigenvalue weighted by molar-refractivity contribution is 5.80. The first-order valence-corrected chi connectivity index (χ1v) is 18.2. The molecule has 0 radical (unpaired) electrons. The number of carboxylic acid groups (broad SMARTS) is 1. The van der Waals surface area contributed by atoms with Crippen LogP contribution >= 0.6 is 0 Å². The number of nitrogens with one attached hydrogen (secondary N) is 1. The van der Waals surface area contributed by atoms with Gasteiger partial charge in [0.25, 0.3) is 0 Å². The van der Waals surface area contributed by atoms with Crippen LogP contribution in [0.5, 0.6) is 5.75 Å². The number of aliphatic carboxylic acids is 1. The highest BCUT2D eigenvalue weighted by Gasteiger charge is 2.24. The lowest BCUT2D eigenvalue weighted by molar-refractivity contribution is -0.141. The number of nitrogens with zero attached hydrogens (tertiary/aromatic N) is 3. The van der Waals surface area contributed by atoms with Crippen molar-refractivity contribution >= 4 is 30.0 Å². The normalized spacial score (nSPS) is 11.4. The Balaban J connectivity index is 2.89. The van der Waals surface area contributed by atoms with Crippen molar-refractivity contribution in [1.82, 2.24) is 20.0 Å². The zero-order valence-corrected chi connectivity index (χ0v) is 32.6. The highest BCUT2D eigenvalue weighted by Crippen LogP contribution is 2.20. The van der Waals surface area contributed by atoms with Crippen LogP contribution in [0.25, 0.3) is 0 Å². The summed E-state index contributed by atoms with van der Waals surface area (Å²) < 4.78 is 16.4. The second kappa shape index (κ2) is 22.7. The Morgan fingerprint density at radius 2 is 1.25 bits per heavy atom. The molecule has 0 spiro atoms. The number of hydrogen-bond acceptors (Lipinski definition) is 8. The number of methoxy groups -OCH3 is 1. The van der Waals surface area contributed by atoms with Crippen LogP contribution in [0.1, 0.15) is 111 Å². The second-order valence-electron chi connectivity index (χ2n) is 14.8. The number of carbonyl (C=O) groups is 5. The third-order valence-electron chi connectivity index (χ3n) is 7.78. The summed E-state index contributed by atoms with van der Waals surface area (Å²) in [5, 5.41) is 11.8. The molecule has 0 saturated carbocycles. The largest absolute Gasteiger partial charge is 0.496 e. The third-order valence-corrected chi connectivity index (χ3v) is 7.78. The van der Waals surface area contributed by atoms with Gasteiger partial charge in [0.2, 0.25) is 11.8 Å². The van der Waals surface area contributed by atoms with Gasteiger partial charge in [-0.05, 0) is 97.8 Å². The summed E-state index contributed by atoms with van der Waals surface area (Å²) >= 11 is 0. The quantitative estimate of drug-likeness (QED) is 0.133. The van der Waals surface area contributed by atoms with Gasteiger partial charge in [-0.2, -0.15) is 0 Å². The number of carboxylic acids is 1. The number of aryl methyl sites for hydroxylation is 2. The van der Waals surface area contributed by atoms with Crippen LogP contribution in [-0.4, -0.2) is 114 Å². The van der Waals surface area contributed by atoms with Crippen molar-refractivity contribution < 1.29 is 43.3 Å². The molecule has 0 aliphatic rings. The molecule has 0 unspecified atom stereocenters. The average molecular weight is 721 g/mol. The first kappa shape index (κ1) is 45.0. The molecule has 0 fully saturated rings. The lowest BCUT2D eigenvalue weighted by Crippen LogP contribution is -2.41. The zero-order valence-electron chi connectivity index (χ0n) is 32.6. The van der Waals surface area contributed by atoms with Crippen LogP contribution in [0.4, 0.5) is 9.59 Å². The maximum atomic E-state index is 13.3. The van der Waals surface area contributed by atoms with E-state index in [2.05, 4.69) is 12.2 Å². The Morgan fingerprint density at radius 3 is 1.78 bits per heavy atom. The molecule has 0 atom stereocenters. The maximum Gasteiger partial charge on any atom is 0.410 e. The summed E-state index contributed by atoms with van der Waals surface area (Å²) in [6.45, 7) is 17.4. The lowest BCUT2D eigenvalue weighted by Gasteiger charge is -2.30. The lowest BCUT2D eigenvalue weighted by atomic mass is 10.1. The molecule has 13 nitrogen and oxygen atoms in total. The van der Waals surface area contributed by atoms with Crippen molar-refractivity contribution in [2.75, 3.05) is 52.9 Å². The molecule has 13 heteroatoms. The minimum atomic E-state index is -1.06. The standard InChI is InChI=1S/C38H64N4O9/c1-10-11-22-40(32(43)18-17-30-16-15-29(2)31(28-30)49-9)24-13-26-42(36(48)51-38(6,7)8)27-14-25-41(33(44)19-20-34(45)46)23-12-21-39-35(47)50-37(3,4)5/h15-16,28H,10-14,17-27H2,1-9H3,(H,39,47)(H,45,46). The van der Waals surface area contributed by atoms with E-state index in [-0.39, 0.29) is 37.7 Å². The summed E-state index contributed by atoms with van der Waals surface area (Å²) in [7, 11) is 1.64. The molecule has 2 N–H and O–H groups in total. The maximum absolute atomic E-state index is 13.3. The van der Waals surface area contributed by atoms with E-state index in [0.29, 0.717) is 64.8 Å². The van der Waals surface area contributed by atoms with E-state index in [1.807, 2.05) is 30.0 Å². The summed E-state index contributed by atoms with van der Waals surface area (Å²) in [6, 6.07) is 5.98. The van der Waals surface area contributed by atoms with Crippen molar-refractivity contribution in [3.8, 4) is 5.75 Å². The summed E-state index contributed by atoms with van der Waals surface area (Å²) in [5.74, 6) is -0.517. The first-order valence-electron chi connectivity index (χ1n) is 18.2. The van der Waals surface area contributed by atoms with Gasteiger partial charge in [0.15, 0.2) is 0 Å². The van der Waals surface area contributed by atoms with Crippen molar-refractivity contribution in [3.05, 3.63) is 29.3 Å². The number of ether oxygens (including phenoxy) is 3. The van der Waals surface area contributed by atoms with Gasteiger partial charge in [-0.3, -0.25) is 14.4 Å². The molecule has 51 heavy (non-hydrogen) atoms. The van der Waals surface area contributed by atoms with E-state index in [1.54, 1.807) is 58.5 Å². The van der Waals surface area contributed by atoms with Crippen molar-refractivity contribution in [3.63, 3.8) is 0 Å². The number of hydrogen-bond donors (Lipinski definition) is 2. The van der Waals surface area contributed by atoms with Gasteiger partial charge in [-0.1, -0.05) is 25.5 Å². The fourth-order valence-corrected chi connectivity index (χ4v) is 5.17. The summed E-state index contributed by atoms with van der Waals surface area (Å²) in [4.78, 5) is 67.7. The molecule has 1 aromatic carbocycles. The molecular weight excluding hydrogens is 656 g/mol. The van der Waals surface area contributed by atoms with E-state index >= 15 is 0 Å². The van der Waals surface area contributed by atoms with Gasteiger partial charge >= 0.3 is 18.2 Å². The van der Waals surface area contributed by atoms with Crippen molar-refractivity contribution in [2.45, 2.75) is 124 Å². The summed E-state index contributed by atoms with van der Waals surface area (Å²) in [6.07, 6.45) is 2.72. The Kier molecular flexibility index (Phi) is 20.0. The molecular formula is C38H64N4O9. The predicted molar refractivity (Wildman–Crippen MR) is 197 cm³/mol. The van der Waals surface area contributed by atoms with Gasteiger partial charge < -0.3 is 39.3 Å². The van der Waals surface area contributed by atoms with Crippen LogP contribution in [-0.2, 0) is 30.3 Å². The van der Waals surface area contributed by atoms with Crippen LogP contribution in [0, 0.1) is 6.92 Å². The number of unbranched alkanes of at least 4 members (excludes halogenated alkanes) is 1. The average Bonchev–Trinajstić information content (AvgIpc) is 3.02. The minimum absolute atomic E-state index is 0.0588. The van der Waals surface area contributed by atoms with Gasteiger partial charge in [0.1, 0.15) is 17.0 Å². The second-order valence-corrected chi connectivity index (χ2v) is 14.8. The fraction of sp³-hybridized carbons (Fsp3) is 0.711. The first-order chi connectivity index (χ1) is 23.8. The molecule has 0 saturated heterocycles. The van der Waals surface area contributed by atoms with Crippen molar-refractivity contribution in [1.29, 1.82) is 0 Å². The minimum Gasteiger partial charge on any atom is -0.496 e. The number of rotatable bonds is 22. The van der Waals surface area contributed by atoms with Crippen LogP contribution in [0.15, 0.2) is 18.2 Å². The summed E-state index contributed by atoms with van der Waals surface area (Å²) in [5.41, 5.74) is 0.726. The SMILES string of the molecule is CCCCN(CCCN(CCCN(CCCNC(=O)OC(C)(C)C)C(=O)CCC(=O)O)C(=O)OC(C)(C)C)C(=O)CCc1ccc(C)c(OC)c1. The van der Waals surface area contributed by atoms with E-state index in [4.69, 9.17) is 19.3 Å².